The van der Waals surface area contributed by atoms with Gasteiger partial charge in [-0.05, 0) is 18.2 Å². The predicted molar refractivity (Wildman–Crippen MR) is 64.4 cm³/mol. The second-order valence-corrected chi connectivity index (χ2v) is 3.88. The Morgan fingerprint density at radius 3 is 2.75 bits per heavy atom. The Kier molecular flexibility index (Phi) is 6.57. The van der Waals surface area contributed by atoms with E-state index in [1.807, 2.05) is 0 Å². The molecule has 0 bridgehead atoms. The molecule has 1 aromatic carbocycles. The molecule has 90 valence electrons. The van der Waals surface area contributed by atoms with E-state index in [2.05, 4.69) is 0 Å². The van der Waals surface area contributed by atoms with Crippen molar-refractivity contribution in [2.45, 2.75) is 6.61 Å². The van der Waals surface area contributed by atoms with E-state index in [0.717, 1.165) is 5.56 Å². The lowest BCUT2D eigenvalue weighted by atomic mass is 10.2. The molecule has 0 aliphatic rings. The Hall–Kier alpha value is -0.480. The molecule has 0 amide bonds. The van der Waals surface area contributed by atoms with Crippen LogP contribution in [0.3, 0.4) is 0 Å². The van der Waals surface area contributed by atoms with Gasteiger partial charge in [0.25, 0.3) is 0 Å². The zero-order valence-corrected chi connectivity index (χ0v) is 10.3. The van der Waals surface area contributed by atoms with Gasteiger partial charge in [0.2, 0.25) is 0 Å². The van der Waals surface area contributed by atoms with Gasteiger partial charge in [-0.3, -0.25) is 0 Å². The summed E-state index contributed by atoms with van der Waals surface area (Å²) in [6.07, 6.45) is 0. The summed E-state index contributed by atoms with van der Waals surface area (Å²) < 4.78 is 10.7. The van der Waals surface area contributed by atoms with Crippen LogP contribution >= 0.6 is 23.2 Å². The number of aliphatic hydroxyl groups excluding tert-OH is 1. The zero-order chi connectivity index (χ0) is 11.8. The summed E-state index contributed by atoms with van der Waals surface area (Å²) in [6, 6.07) is 5.32. The van der Waals surface area contributed by atoms with E-state index >= 15 is 0 Å². The Balaban J connectivity index is 2.65. The standard InChI is InChI=1S/C11H14Cl2O3/c12-3-5-16-11-2-1-10(13)7-9(11)8-15-6-4-14/h1-2,7,14H,3-6,8H2. The van der Waals surface area contributed by atoms with Gasteiger partial charge in [-0.2, -0.15) is 0 Å². The predicted octanol–water partition coefficient (Wildman–Crippen LogP) is 2.47. The lowest BCUT2D eigenvalue weighted by Gasteiger charge is -2.11. The fourth-order valence-electron chi connectivity index (χ4n) is 1.20. The molecule has 0 atom stereocenters. The maximum atomic E-state index is 8.61. The molecule has 0 unspecified atom stereocenters. The van der Waals surface area contributed by atoms with Gasteiger partial charge in [0.1, 0.15) is 12.4 Å². The van der Waals surface area contributed by atoms with Crippen molar-refractivity contribution >= 4 is 23.2 Å². The second-order valence-electron chi connectivity index (χ2n) is 3.07. The number of hydrogen-bond acceptors (Lipinski definition) is 3. The van der Waals surface area contributed by atoms with Crippen LogP contribution in [0.5, 0.6) is 5.75 Å². The second kappa shape index (κ2) is 7.74. The zero-order valence-electron chi connectivity index (χ0n) is 8.79. The highest BCUT2D eigenvalue weighted by Gasteiger charge is 2.05. The van der Waals surface area contributed by atoms with Crippen molar-refractivity contribution in [3.8, 4) is 5.75 Å². The average Bonchev–Trinajstić information content (AvgIpc) is 2.28. The van der Waals surface area contributed by atoms with E-state index in [1.54, 1.807) is 18.2 Å². The molecule has 0 fully saturated rings. The third-order valence-electron chi connectivity index (χ3n) is 1.85. The lowest BCUT2D eigenvalue weighted by molar-refractivity contribution is 0.0801. The molecular weight excluding hydrogens is 251 g/mol. The Morgan fingerprint density at radius 1 is 1.25 bits per heavy atom. The van der Waals surface area contributed by atoms with Gasteiger partial charge in [-0.15, -0.1) is 11.6 Å². The monoisotopic (exact) mass is 264 g/mol. The van der Waals surface area contributed by atoms with Crippen molar-refractivity contribution in [1.82, 2.24) is 0 Å². The molecule has 0 aliphatic heterocycles. The maximum absolute atomic E-state index is 8.61. The summed E-state index contributed by atoms with van der Waals surface area (Å²) in [5.74, 6) is 1.14. The fraction of sp³-hybridized carbons (Fsp3) is 0.455. The largest absolute Gasteiger partial charge is 0.492 e. The first kappa shape index (κ1) is 13.6. The van der Waals surface area contributed by atoms with Crippen LogP contribution in [-0.4, -0.2) is 30.8 Å². The van der Waals surface area contributed by atoms with Crippen molar-refractivity contribution in [2.24, 2.45) is 0 Å². The third-order valence-corrected chi connectivity index (χ3v) is 2.24. The van der Waals surface area contributed by atoms with Gasteiger partial charge in [-0.25, -0.2) is 0 Å². The molecular formula is C11H14Cl2O3. The summed E-state index contributed by atoms with van der Waals surface area (Å²) in [7, 11) is 0. The Bertz CT molecular complexity index is 318. The fourth-order valence-corrected chi connectivity index (χ4v) is 1.47. The first-order valence-corrected chi connectivity index (χ1v) is 5.85. The highest BCUT2D eigenvalue weighted by Crippen LogP contribution is 2.23. The molecule has 3 nitrogen and oxygen atoms in total. The van der Waals surface area contributed by atoms with Crippen LogP contribution in [-0.2, 0) is 11.3 Å². The number of rotatable bonds is 7. The van der Waals surface area contributed by atoms with Gasteiger partial charge < -0.3 is 14.6 Å². The van der Waals surface area contributed by atoms with Crippen LogP contribution in [0.2, 0.25) is 5.02 Å². The summed E-state index contributed by atoms with van der Waals surface area (Å²) in [5, 5.41) is 9.24. The molecule has 0 aromatic heterocycles. The topological polar surface area (TPSA) is 38.7 Å². The number of benzene rings is 1. The van der Waals surface area contributed by atoms with E-state index in [4.69, 9.17) is 37.8 Å². The summed E-state index contributed by atoms with van der Waals surface area (Å²) in [4.78, 5) is 0. The van der Waals surface area contributed by atoms with Crippen LogP contribution in [0.4, 0.5) is 0 Å². The van der Waals surface area contributed by atoms with Gasteiger partial charge in [0.15, 0.2) is 0 Å². The quantitative estimate of drug-likeness (QED) is 0.608. The van der Waals surface area contributed by atoms with Crippen molar-refractivity contribution in [2.75, 3.05) is 25.7 Å². The molecule has 16 heavy (non-hydrogen) atoms. The van der Waals surface area contributed by atoms with Gasteiger partial charge in [0, 0.05) is 10.6 Å². The van der Waals surface area contributed by atoms with Crippen molar-refractivity contribution in [3.63, 3.8) is 0 Å². The number of aliphatic hydroxyl groups is 1. The van der Waals surface area contributed by atoms with Crippen LogP contribution in [0.1, 0.15) is 5.56 Å². The van der Waals surface area contributed by atoms with E-state index in [-0.39, 0.29) is 6.61 Å². The molecule has 1 rings (SSSR count). The highest BCUT2D eigenvalue weighted by atomic mass is 35.5. The average molecular weight is 265 g/mol. The van der Waals surface area contributed by atoms with Crippen LogP contribution in [0.15, 0.2) is 18.2 Å². The van der Waals surface area contributed by atoms with Crippen LogP contribution in [0, 0.1) is 0 Å². The molecule has 0 spiro atoms. The normalized spacial score (nSPS) is 10.4. The molecule has 5 heteroatoms. The minimum absolute atomic E-state index is 0.00155. The molecule has 0 heterocycles. The molecule has 0 aliphatic carbocycles. The number of hydrogen-bond donors (Lipinski definition) is 1. The minimum atomic E-state index is -0.00155. The Morgan fingerprint density at radius 2 is 2.06 bits per heavy atom. The van der Waals surface area contributed by atoms with E-state index in [0.29, 0.717) is 36.5 Å². The maximum Gasteiger partial charge on any atom is 0.124 e. The smallest absolute Gasteiger partial charge is 0.124 e. The lowest BCUT2D eigenvalue weighted by Crippen LogP contribution is -2.04. The minimum Gasteiger partial charge on any atom is -0.492 e. The number of alkyl halides is 1. The summed E-state index contributed by atoms with van der Waals surface area (Å²) >= 11 is 11.4. The Labute approximate surface area is 105 Å². The van der Waals surface area contributed by atoms with Crippen LogP contribution < -0.4 is 4.74 Å². The SMILES string of the molecule is OCCOCc1cc(Cl)ccc1OCCCl. The molecule has 0 saturated carbocycles. The molecule has 1 aromatic rings. The van der Waals surface area contributed by atoms with E-state index in [9.17, 15) is 0 Å². The van der Waals surface area contributed by atoms with Gasteiger partial charge in [-0.1, -0.05) is 11.6 Å². The number of ether oxygens (including phenoxy) is 2. The van der Waals surface area contributed by atoms with E-state index < -0.39 is 0 Å². The highest BCUT2D eigenvalue weighted by molar-refractivity contribution is 6.30. The number of halogens is 2. The first-order valence-electron chi connectivity index (χ1n) is 4.93. The molecule has 1 N–H and O–H groups in total. The van der Waals surface area contributed by atoms with Crippen molar-refractivity contribution < 1.29 is 14.6 Å². The van der Waals surface area contributed by atoms with Crippen molar-refractivity contribution in [1.29, 1.82) is 0 Å². The molecule has 0 radical (unpaired) electrons. The first-order chi connectivity index (χ1) is 7.77. The summed E-state index contributed by atoms with van der Waals surface area (Å²) in [6.45, 7) is 1.09. The van der Waals surface area contributed by atoms with Crippen molar-refractivity contribution in [3.05, 3.63) is 28.8 Å². The van der Waals surface area contributed by atoms with Gasteiger partial charge >= 0.3 is 0 Å². The molecule has 0 saturated heterocycles. The van der Waals surface area contributed by atoms with Crippen LogP contribution in [0.25, 0.3) is 0 Å². The van der Waals surface area contributed by atoms with Gasteiger partial charge in [0.05, 0.1) is 25.7 Å². The third kappa shape index (κ3) is 4.58. The van der Waals surface area contributed by atoms with E-state index in [1.165, 1.54) is 0 Å². The summed E-state index contributed by atoms with van der Waals surface area (Å²) in [5.41, 5.74) is 0.853.